The molecule has 37 heavy (non-hydrogen) atoms. The van der Waals surface area contributed by atoms with Crippen LogP contribution in [-0.4, -0.2) is 52.0 Å². The van der Waals surface area contributed by atoms with Gasteiger partial charge in [0.15, 0.2) is 7.35 Å². The molecule has 5 rings (SSSR count). The Balaban J connectivity index is 2.20. The zero-order chi connectivity index (χ0) is 28.3. The molecule has 0 saturated heterocycles. The van der Waals surface area contributed by atoms with Crippen LogP contribution in [0.3, 0.4) is 0 Å². The van der Waals surface area contributed by atoms with Crippen molar-refractivity contribution < 1.29 is 4.43 Å². The van der Waals surface area contributed by atoms with E-state index in [0.29, 0.717) is 5.41 Å². The third kappa shape index (κ3) is 4.59. The fourth-order valence-electron chi connectivity index (χ4n) is 10.4. The second-order valence-electron chi connectivity index (χ2n) is 18.9. The number of rotatable bonds is 5. The van der Waals surface area contributed by atoms with Crippen LogP contribution in [0.4, 0.5) is 0 Å². The van der Waals surface area contributed by atoms with Crippen molar-refractivity contribution in [1.82, 2.24) is 0 Å². The summed E-state index contributed by atoms with van der Waals surface area (Å²) in [5.74, 6) is 7.05. The molecule has 1 heterocycles. The fourth-order valence-corrected chi connectivity index (χ4v) is 76.0. The maximum absolute atomic E-state index is 8.63. The molecule has 210 valence electrons. The van der Waals surface area contributed by atoms with Gasteiger partial charge in [0.1, 0.15) is 8.07 Å². The van der Waals surface area contributed by atoms with Gasteiger partial charge in [-0.2, -0.15) is 0 Å². The Morgan fingerprint density at radius 3 is 1.38 bits per heavy atom. The molecule has 1 atom stereocenters. The standard InChI is InChI=1S/C30H60OSi6/c1-32(2,3)17-16-27-28(33(4,5)6)37(35(10,11)12,36(13,14)15)31-30(27,34(7,8)9)29-21-24-18-25(22-29)20-26(19-24)23-29/h24-26H,18-23H2,1-15H3. The summed E-state index contributed by atoms with van der Waals surface area (Å²) in [6, 6.07) is 0. The summed E-state index contributed by atoms with van der Waals surface area (Å²) in [6.45, 7) is 39.7. The fraction of sp³-hybridized carbons (Fsp3) is 0.867. The maximum Gasteiger partial charge on any atom is 0.190 e. The summed E-state index contributed by atoms with van der Waals surface area (Å²) in [5.41, 5.74) is 6.01. The van der Waals surface area contributed by atoms with E-state index in [2.05, 4.69) is 110 Å². The summed E-state index contributed by atoms with van der Waals surface area (Å²) >= 11 is 0. The van der Waals surface area contributed by atoms with Crippen LogP contribution in [0.2, 0.25) is 98.2 Å². The monoisotopic (exact) mass is 604 g/mol. The van der Waals surface area contributed by atoms with Crippen molar-refractivity contribution in [3.8, 4) is 11.5 Å². The minimum absolute atomic E-state index is 0.0644. The molecule has 0 aromatic rings. The Bertz CT molecular complexity index is 979. The van der Waals surface area contributed by atoms with Gasteiger partial charge < -0.3 is 4.43 Å². The molecular formula is C30H60OSi6. The zero-order valence-corrected chi connectivity index (χ0v) is 33.4. The van der Waals surface area contributed by atoms with Crippen LogP contribution in [0.1, 0.15) is 38.5 Å². The molecule has 0 aromatic heterocycles. The van der Waals surface area contributed by atoms with Gasteiger partial charge in [-0.15, -0.1) is 5.54 Å². The first-order valence-electron chi connectivity index (χ1n) is 15.4. The molecule has 5 aliphatic rings. The van der Waals surface area contributed by atoms with Crippen molar-refractivity contribution >= 4 is 46.8 Å². The average molecular weight is 605 g/mol. The molecule has 1 unspecified atom stereocenters. The van der Waals surface area contributed by atoms with Crippen LogP contribution in [-0.2, 0) is 4.43 Å². The second kappa shape index (κ2) is 8.78. The van der Waals surface area contributed by atoms with Crippen molar-refractivity contribution in [1.29, 1.82) is 0 Å². The van der Waals surface area contributed by atoms with Crippen molar-refractivity contribution in [2.45, 2.75) is 142 Å². The topological polar surface area (TPSA) is 9.23 Å². The van der Waals surface area contributed by atoms with Crippen LogP contribution in [0.15, 0.2) is 10.4 Å². The predicted molar refractivity (Wildman–Crippen MR) is 182 cm³/mol. The van der Waals surface area contributed by atoms with Crippen LogP contribution < -0.4 is 0 Å². The van der Waals surface area contributed by atoms with Crippen molar-refractivity contribution in [3.05, 3.63) is 10.4 Å². The van der Waals surface area contributed by atoms with E-state index in [4.69, 9.17) is 4.43 Å². The lowest BCUT2D eigenvalue weighted by atomic mass is 9.47. The molecule has 4 saturated carbocycles. The van der Waals surface area contributed by atoms with E-state index in [1.807, 2.05) is 4.82 Å². The molecule has 4 bridgehead atoms. The van der Waals surface area contributed by atoms with E-state index in [-0.39, 0.29) is 5.22 Å². The largest absolute Gasteiger partial charge is 0.410 e. The van der Waals surface area contributed by atoms with Crippen molar-refractivity contribution in [2.75, 3.05) is 0 Å². The van der Waals surface area contributed by atoms with Gasteiger partial charge in [0.2, 0.25) is 0 Å². The zero-order valence-electron chi connectivity index (χ0n) is 27.4. The Kier molecular flexibility index (Phi) is 7.24. The van der Waals surface area contributed by atoms with E-state index in [0.717, 1.165) is 17.8 Å². The van der Waals surface area contributed by atoms with Crippen LogP contribution in [0, 0.1) is 34.6 Å². The smallest absolute Gasteiger partial charge is 0.190 e. The van der Waals surface area contributed by atoms with Crippen molar-refractivity contribution in [3.63, 3.8) is 0 Å². The molecular weight excluding hydrogens is 545 g/mol. The third-order valence-electron chi connectivity index (χ3n) is 10.5. The van der Waals surface area contributed by atoms with E-state index in [1.54, 1.807) is 5.57 Å². The lowest BCUT2D eigenvalue weighted by molar-refractivity contribution is -0.118. The Hall–Kier alpha value is 0.561. The molecule has 0 N–H and O–H groups in total. The van der Waals surface area contributed by atoms with Gasteiger partial charge in [0.05, 0.1) is 36.6 Å². The summed E-state index contributed by atoms with van der Waals surface area (Å²) in [5, 5.41) is -0.0644. The van der Waals surface area contributed by atoms with E-state index < -0.39 is 46.8 Å². The highest BCUT2D eigenvalue weighted by molar-refractivity contribution is 7.71. The highest BCUT2D eigenvalue weighted by Gasteiger charge is 2.76. The van der Waals surface area contributed by atoms with E-state index in [9.17, 15) is 0 Å². The maximum atomic E-state index is 8.63. The SMILES string of the molecule is C[Si](C)(C)C#CC1=C([Si](C)(C)C)[Si]([Si](C)(C)C)([Si](C)(C)C)OC1(C12CC3CC(CC(C3)C1)C2)[Si](C)(C)C. The molecule has 1 nitrogen and oxygen atoms in total. The average Bonchev–Trinajstić information content (AvgIpc) is 2.99. The number of hydrogen-bond donors (Lipinski definition) is 0. The van der Waals surface area contributed by atoms with Gasteiger partial charge in [-0.3, -0.25) is 0 Å². The quantitative estimate of drug-likeness (QED) is 0.224. The summed E-state index contributed by atoms with van der Waals surface area (Å²) in [6.07, 6.45) is 8.82. The summed E-state index contributed by atoms with van der Waals surface area (Å²) in [4.78, 5) is 1.95. The van der Waals surface area contributed by atoms with Gasteiger partial charge in [0, 0.05) is 11.0 Å². The lowest BCUT2D eigenvalue weighted by Gasteiger charge is -2.67. The van der Waals surface area contributed by atoms with Crippen LogP contribution >= 0.6 is 0 Å². The van der Waals surface area contributed by atoms with Gasteiger partial charge in [-0.1, -0.05) is 109 Å². The lowest BCUT2D eigenvalue weighted by Crippen LogP contribution is -2.79. The number of hydrogen-bond acceptors (Lipinski definition) is 1. The first-order valence-corrected chi connectivity index (χ1v) is 36.8. The molecule has 0 amide bonds. The van der Waals surface area contributed by atoms with Crippen LogP contribution in [0.5, 0.6) is 0 Å². The van der Waals surface area contributed by atoms with Gasteiger partial charge in [0.25, 0.3) is 0 Å². The van der Waals surface area contributed by atoms with E-state index in [1.165, 1.54) is 38.5 Å². The Morgan fingerprint density at radius 1 is 0.676 bits per heavy atom. The normalized spacial score (nSPS) is 36.1. The molecule has 0 spiro atoms. The molecule has 7 heteroatoms. The second-order valence-corrected chi connectivity index (χ2v) is 60.2. The minimum atomic E-state index is -2.19. The minimum Gasteiger partial charge on any atom is -0.410 e. The highest BCUT2D eigenvalue weighted by Crippen LogP contribution is 2.70. The van der Waals surface area contributed by atoms with Gasteiger partial charge in [-0.25, -0.2) is 0 Å². The molecule has 0 radical (unpaired) electrons. The Labute approximate surface area is 237 Å². The highest BCUT2D eigenvalue weighted by atomic mass is 29.7. The van der Waals surface area contributed by atoms with Crippen LogP contribution in [0.25, 0.3) is 0 Å². The van der Waals surface area contributed by atoms with Crippen molar-refractivity contribution in [2.24, 2.45) is 23.2 Å². The summed E-state index contributed by atoms with van der Waals surface area (Å²) < 4.78 is 8.63. The molecule has 1 aliphatic heterocycles. The molecule has 4 aliphatic carbocycles. The van der Waals surface area contributed by atoms with Gasteiger partial charge >= 0.3 is 0 Å². The molecule has 0 aromatic carbocycles. The van der Waals surface area contributed by atoms with E-state index >= 15 is 0 Å². The first kappa shape index (κ1) is 30.5. The first-order chi connectivity index (χ1) is 16.4. The third-order valence-corrected chi connectivity index (χ3v) is 55.2. The molecule has 4 fully saturated rings. The summed E-state index contributed by atoms with van der Waals surface area (Å²) in [7, 11) is -10.6. The Morgan fingerprint density at radius 2 is 1.08 bits per heavy atom. The predicted octanol–water partition coefficient (Wildman–Crippen LogP) is 9.22. The van der Waals surface area contributed by atoms with Gasteiger partial charge in [-0.05, 0) is 56.3 Å².